The summed E-state index contributed by atoms with van der Waals surface area (Å²) in [5.74, 6) is -0.273. The monoisotopic (exact) mass is 415 g/mol. The summed E-state index contributed by atoms with van der Waals surface area (Å²) in [6, 6.07) is 13.6. The molecule has 2 N–H and O–H groups in total. The molecule has 0 unspecified atom stereocenters. The van der Waals surface area contributed by atoms with Crippen molar-refractivity contribution in [3.05, 3.63) is 59.5 Å². The summed E-state index contributed by atoms with van der Waals surface area (Å²) in [6.45, 7) is 4.10. The number of hydrogen-bond donors (Lipinski definition) is 2. The van der Waals surface area contributed by atoms with Crippen LogP contribution >= 0.6 is 11.3 Å². The van der Waals surface area contributed by atoms with Crippen molar-refractivity contribution in [2.75, 3.05) is 16.9 Å². The van der Waals surface area contributed by atoms with Gasteiger partial charge in [-0.15, -0.1) is 11.3 Å². The molecule has 6 nitrogen and oxygen atoms in total. The van der Waals surface area contributed by atoms with Crippen LogP contribution < -0.4 is 10.6 Å². The molecule has 0 fully saturated rings. The molecule has 0 saturated carbocycles. The van der Waals surface area contributed by atoms with Gasteiger partial charge in [0, 0.05) is 34.5 Å². The zero-order valence-corrected chi connectivity index (χ0v) is 17.4. The first-order chi connectivity index (χ1) is 13.2. The minimum Gasteiger partial charge on any atom is -0.359 e. The van der Waals surface area contributed by atoms with Crippen molar-refractivity contribution < 1.29 is 13.2 Å². The third kappa shape index (κ3) is 4.96. The van der Waals surface area contributed by atoms with Crippen molar-refractivity contribution >= 4 is 37.9 Å². The van der Waals surface area contributed by atoms with Gasteiger partial charge in [-0.25, -0.2) is 13.4 Å². The van der Waals surface area contributed by atoms with Gasteiger partial charge in [-0.05, 0) is 50.2 Å². The zero-order chi connectivity index (χ0) is 20.3. The van der Waals surface area contributed by atoms with Crippen LogP contribution in [0.15, 0.2) is 58.8 Å². The van der Waals surface area contributed by atoms with Gasteiger partial charge in [0.2, 0.25) is 0 Å². The van der Waals surface area contributed by atoms with E-state index >= 15 is 0 Å². The topological polar surface area (TPSA) is 88.2 Å². The Balaban J connectivity index is 1.76. The smallest absolute Gasteiger partial charge is 0.255 e. The van der Waals surface area contributed by atoms with E-state index in [2.05, 4.69) is 29.5 Å². The third-order valence-electron chi connectivity index (χ3n) is 3.88. The van der Waals surface area contributed by atoms with Gasteiger partial charge in [-0.3, -0.25) is 4.79 Å². The molecule has 0 saturated heterocycles. The second kappa shape index (κ2) is 8.12. The maximum Gasteiger partial charge on any atom is 0.255 e. The maximum absolute atomic E-state index is 12.6. The van der Waals surface area contributed by atoms with E-state index in [1.807, 2.05) is 17.5 Å². The Bertz CT molecular complexity index is 1090. The van der Waals surface area contributed by atoms with Crippen LogP contribution in [0.5, 0.6) is 0 Å². The fourth-order valence-corrected chi connectivity index (χ4v) is 4.03. The minimum atomic E-state index is -3.27. The Morgan fingerprint density at radius 2 is 1.82 bits per heavy atom. The number of carbonyl (C=O) groups is 1. The normalized spacial score (nSPS) is 11.4. The fourth-order valence-electron chi connectivity index (χ4n) is 2.53. The lowest BCUT2D eigenvalue weighted by atomic mass is 10.1. The van der Waals surface area contributed by atoms with E-state index in [1.165, 1.54) is 23.5 Å². The van der Waals surface area contributed by atoms with Gasteiger partial charge in [0.05, 0.1) is 10.6 Å². The summed E-state index contributed by atoms with van der Waals surface area (Å²) < 4.78 is 23.0. The molecule has 8 heteroatoms. The number of sulfone groups is 1. The number of rotatable bonds is 6. The first-order valence-corrected chi connectivity index (χ1v) is 11.4. The zero-order valence-electron chi connectivity index (χ0n) is 15.8. The standard InChI is InChI=1S/C20H21N3O3S2/c1-13(2)21-20-23-18(12-27-20)14-5-4-6-15(11-14)19(24)22-16-7-9-17(10-8-16)28(3,25)26/h4-13H,1-3H3,(H,21,23)(H,22,24). The van der Waals surface area contributed by atoms with E-state index in [9.17, 15) is 13.2 Å². The molecule has 28 heavy (non-hydrogen) atoms. The lowest BCUT2D eigenvalue weighted by Gasteiger charge is -2.07. The molecule has 0 aliphatic rings. The van der Waals surface area contributed by atoms with Gasteiger partial charge < -0.3 is 10.6 Å². The van der Waals surface area contributed by atoms with Crippen molar-refractivity contribution in [3.8, 4) is 11.3 Å². The minimum absolute atomic E-state index is 0.210. The Morgan fingerprint density at radius 1 is 1.11 bits per heavy atom. The van der Waals surface area contributed by atoms with Crippen molar-refractivity contribution in [3.63, 3.8) is 0 Å². The van der Waals surface area contributed by atoms with E-state index in [4.69, 9.17) is 0 Å². The highest BCUT2D eigenvalue weighted by molar-refractivity contribution is 7.90. The van der Waals surface area contributed by atoms with Crippen LogP contribution in [0.2, 0.25) is 0 Å². The molecular weight excluding hydrogens is 394 g/mol. The molecule has 0 spiro atoms. The molecule has 1 heterocycles. The average molecular weight is 416 g/mol. The van der Waals surface area contributed by atoms with Gasteiger partial charge in [0.1, 0.15) is 0 Å². The SMILES string of the molecule is CC(C)Nc1nc(-c2cccc(C(=O)Nc3ccc(S(C)(=O)=O)cc3)c2)cs1. The Kier molecular flexibility index (Phi) is 5.81. The molecule has 0 aliphatic carbocycles. The summed E-state index contributed by atoms with van der Waals surface area (Å²) in [4.78, 5) is 17.3. The average Bonchev–Trinajstić information content (AvgIpc) is 3.09. The quantitative estimate of drug-likeness (QED) is 0.627. The lowest BCUT2D eigenvalue weighted by molar-refractivity contribution is 0.102. The first-order valence-electron chi connectivity index (χ1n) is 8.66. The van der Waals surface area contributed by atoms with Crippen LogP contribution in [-0.2, 0) is 9.84 Å². The van der Waals surface area contributed by atoms with Crippen LogP contribution in [0.3, 0.4) is 0 Å². The number of thiazole rings is 1. The van der Waals surface area contributed by atoms with Crippen molar-refractivity contribution in [2.45, 2.75) is 24.8 Å². The van der Waals surface area contributed by atoms with E-state index < -0.39 is 9.84 Å². The van der Waals surface area contributed by atoms with Crippen molar-refractivity contribution in [1.82, 2.24) is 4.98 Å². The van der Waals surface area contributed by atoms with Crippen LogP contribution in [0.4, 0.5) is 10.8 Å². The van der Waals surface area contributed by atoms with E-state index in [0.717, 1.165) is 22.6 Å². The number of anilines is 2. The van der Waals surface area contributed by atoms with Crippen LogP contribution in [0, 0.1) is 0 Å². The molecule has 0 radical (unpaired) electrons. The molecule has 3 aromatic rings. The molecule has 0 atom stereocenters. The number of carbonyl (C=O) groups excluding carboxylic acids is 1. The van der Waals surface area contributed by atoms with E-state index in [1.54, 1.807) is 24.3 Å². The molecule has 0 bridgehead atoms. The van der Waals surface area contributed by atoms with Gasteiger partial charge in [0.25, 0.3) is 5.91 Å². The van der Waals surface area contributed by atoms with E-state index in [-0.39, 0.29) is 10.8 Å². The molecule has 0 aliphatic heterocycles. The van der Waals surface area contributed by atoms with Gasteiger partial charge in [0.15, 0.2) is 15.0 Å². The van der Waals surface area contributed by atoms with Crippen LogP contribution in [-0.4, -0.2) is 31.6 Å². The van der Waals surface area contributed by atoms with Crippen LogP contribution in [0.25, 0.3) is 11.3 Å². The Morgan fingerprint density at radius 3 is 2.46 bits per heavy atom. The third-order valence-corrected chi connectivity index (χ3v) is 5.78. The highest BCUT2D eigenvalue weighted by Crippen LogP contribution is 2.26. The summed E-state index contributed by atoms with van der Waals surface area (Å²) in [5, 5.41) is 8.84. The van der Waals surface area contributed by atoms with Gasteiger partial charge >= 0.3 is 0 Å². The largest absolute Gasteiger partial charge is 0.359 e. The number of amides is 1. The lowest BCUT2D eigenvalue weighted by Crippen LogP contribution is -2.12. The van der Waals surface area contributed by atoms with Crippen LogP contribution in [0.1, 0.15) is 24.2 Å². The fraction of sp³-hybridized carbons (Fsp3) is 0.200. The number of hydrogen-bond acceptors (Lipinski definition) is 6. The second-order valence-corrected chi connectivity index (χ2v) is 9.54. The predicted molar refractivity (Wildman–Crippen MR) is 114 cm³/mol. The van der Waals surface area contributed by atoms with Gasteiger partial charge in [-0.1, -0.05) is 12.1 Å². The summed E-state index contributed by atoms with van der Waals surface area (Å²) in [5.41, 5.74) is 2.68. The highest BCUT2D eigenvalue weighted by atomic mass is 32.2. The van der Waals surface area contributed by atoms with Crippen molar-refractivity contribution in [1.29, 1.82) is 0 Å². The Hall–Kier alpha value is -2.71. The summed E-state index contributed by atoms with van der Waals surface area (Å²) >= 11 is 1.52. The second-order valence-electron chi connectivity index (χ2n) is 6.67. The predicted octanol–water partition coefficient (Wildman–Crippen LogP) is 4.29. The van der Waals surface area contributed by atoms with Crippen molar-refractivity contribution in [2.24, 2.45) is 0 Å². The molecule has 2 aromatic carbocycles. The molecule has 1 aromatic heterocycles. The number of nitrogens with zero attached hydrogens (tertiary/aromatic N) is 1. The molecular formula is C20H21N3O3S2. The highest BCUT2D eigenvalue weighted by Gasteiger charge is 2.11. The van der Waals surface area contributed by atoms with E-state index in [0.29, 0.717) is 17.3 Å². The van der Waals surface area contributed by atoms with Gasteiger partial charge in [-0.2, -0.15) is 0 Å². The number of aromatic nitrogens is 1. The first kappa shape index (κ1) is 20.0. The molecule has 3 rings (SSSR count). The molecule has 146 valence electrons. The number of benzene rings is 2. The maximum atomic E-state index is 12.6. The molecule has 1 amide bonds. The Labute approximate surface area is 168 Å². The summed E-state index contributed by atoms with van der Waals surface area (Å²) in [7, 11) is -3.27. The summed E-state index contributed by atoms with van der Waals surface area (Å²) in [6.07, 6.45) is 1.15. The number of nitrogens with one attached hydrogen (secondary N) is 2.